The van der Waals surface area contributed by atoms with Crippen molar-refractivity contribution in [3.63, 3.8) is 0 Å². The second-order valence-corrected chi connectivity index (χ2v) is 5.15. The summed E-state index contributed by atoms with van der Waals surface area (Å²) in [6.07, 6.45) is 0.897. The fourth-order valence-electron chi connectivity index (χ4n) is 2.00. The Labute approximate surface area is 146 Å². The molecule has 0 saturated heterocycles. The zero-order valence-corrected chi connectivity index (χ0v) is 13.8. The van der Waals surface area contributed by atoms with Crippen molar-refractivity contribution in [2.24, 2.45) is 0 Å². The van der Waals surface area contributed by atoms with Gasteiger partial charge in [-0.1, -0.05) is 19.1 Å². The molecule has 0 aliphatic rings. The summed E-state index contributed by atoms with van der Waals surface area (Å²) in [5.74, 6) is -0.450. The Morgan fingerprint density at radius 2 is 1.84 bits per heavy atom. The first kappa shape index (κ1) is 18.0. The first-order valence-electron chi connectivity index (χ1n) is 7.83. The van der Waals surface area contributed by atoms with Crippen LogP contribution in [0.2, 0.25) is 0 Å². The number of carbonyl (C=O) groups excluding carboxylic acids is 2. The molecule has 1 amide bonds. The average molecular weight is 338 g/mol. The number of para-hydroxylation sites is 1. The van der Waals surface area contributed by atoms with Crippen molar-refractivity contribution in [1.29, 1.82) is 5.26 Å². The van der Waals surface area contributed by atoms with Gasteiger partial charge in [-0.2, -0.15) is 5.26 Å². The van der Waals surface area contributed by atoms with Crippen molar-refractivity contribution in [2.45, 2.75) is 13.3 Å². The van der Waals surface area contributed by atoms with Crippen molar-refractivity contribution in [3.8, 4) is 11.8 Å². The fraction of sp³-hybridized carbons (Fsp3) is 0.211. The van der Waals surface area contributed by atoms with Crippen LogP contribution in [0.15, 0.2) is 48.5 Å². The predicted octanol–water partition coefficient (Wildman–Crippen LogP) is 3.14. The Hall–Kier alpha value is -3.33. The molecule has 0 atom stereocenters. The van der Waals surface area contributed by atoms with Crippen LogP contribution < -0.4 is 10.1 Å². The summed E-state index contributed by atoms with van der Waals surface area (Å²) in [5.41, 5.74) is 1.04. The standard InChI is InChI=1S/C19H18N2O4/c1-2-11-24-16-9-7-14(8-10-16)19(23)25-13-18(22)21-17-6-4-3-5-15(17)12-20/h3-10H,2,11,13H2,1H3,(H,21,22). The van der Waals surface area contributed by atoms with Crippen LogP contribution in [0.4, 0.5) is 5.69 Å². The lowest BCUT2D eigenvalue weighted by Crippen LogP contribution is -2.21. The van der Waals surface area contributed by atoms with Gasteiger partial charge in [0, 0.05) is 0 Å². The molecule has 2 rings (SSSR count). The molecular weight excluding hydrogens is 320 g/mol. The Morgan fingerprint density at radius 1 is 1.12 bits per heavy atom. The van der Waals surface area contributed by atoms with Crippen LogP contribution in [0.5, 0.6) is 5.75 Å². The lowest BCUT2D eigenvalue weighted by Gasteiger charge is -2.08. The van der Waals surface area contributed by atoms with Gasteiger partial charge in [0.05, 0.1) is 23.4 Å². The lowest BCUT2D eigenvalue weighted by molar-refractivity contribution is -0.119. The second kappa shape index (κ2) is 9.08. The number of anilines is 1. The molecule has 2 aromatic carbocycles. The van der Waals surface area contributed by atoms with Crippen molar-refractivity contribution in [1.82, 2.24) is 0 Å². The van der Waals surface area contributed by atoms with Gasteiger partial charge >= 0.3 is 5.97 Å². The van der Waals surface area contributed by atoms with Crippen LogP contribution in [0, 0.1) is 11.3 Å². The summed E-state index contributed by atoms with van der Waals surface area (Å²) < 4.78 is 10.4. The smallest absolute Gasteiger partial charge is 0.338 e. The molecule has 0 spiro atoms. The number of hydrogen-bond acceptors (Lipinski definition) is 5. The van der Waals surface area contributed by atoms with E-state index in [9.17, 15) is 9.59 Å². The Morgan fingerprint density at radius 3 is 2.52 bits per heavy atom. The molecule has 0 heterocycles. The van der Waals surface area contributed by atoms with Gasteiger partial charge in [-0.3, -0.25) is 4.79 Å². The maximum Gasteiger partial charge on any atom is 0.338 e. The molecule has 0 bridgehead atoms. The van der Waals surface area contributed by atoms with Gasteiger partial charge in [0.15, 0.2) is 6.61 Å². The summed E-state index contributed by atoms with van der Waals surface area (Å²) in [4.78, 5) is 23.8. The van der Waals surface area contributed by atoms with Crippen molar-refractivity contribution in [2.75, 3.05) is 18.5 Å². The van der Waals surface area contributed by atoms with Crippen LogP contribution in [-0.2, 0) is 9.53 Å². The predicted molar refractivity (Wildman–Crippen MR) is 92.3 cm³/mol. The highest BCUT2D eigenvalue weighted by atomic mass is 16.5. The van der Waals surface area contributed by atoms with Gasteiger partial charge < -0.3 is 14.8 Å². The minimum Gasteiger partial charge on any atom is -0.494 e. The number of nitrogens with one attached hydrogen (secondary N) is 1. The third-order valence-electron chi connectivity index (χ3n) is 3.22. The van der Waals surface area contributed by atoms with Crippen molar-refractivity contribution < 1.29 is 19.1 Å². The number of nitrogens with zero attached hydrogens (tertiary/aromatic N) is 1. The Balaban J connectivity index is 1.87. The topological polar surface area (TPSA) is 88.4 Å². The van der Waals surface area contributed by atoms with Gasteiger partial charge in [0.25, 0.3) is 5.91 Å². The molecule has 0 aliphatic carbocycles. The van der Waals surface area contributed by atoms with E-state index < -0.39 is 18.5 Å². The number of hydrogen-bond donors (Lipinski definition) is 1. The van der Waals surface area contributed by atoms with E-state index in [1.54, 1.807) is 48.5 Å². The highest BCUT2D eigenvalue weighted by Gasteiger charge is 2.11. The number of nitriles is 1. The number of benzene rings is 2. The summed E-state index contributed by atoms with van der Waals surface area (Å²) in [6.45, 7) is 2.17. The van der Waals surface area contributed by atoms with Gasteiger partial charge in [0.1, 0.15) is 11.8 Å². The molecule has 128 valence electrons. The van der Waals surface area contributed by atoms with Crippen LogP contribution >= 0.6 is 0 Å². The zero-order valence-electron chi connectivity index (χ0n) is 13.8. The molecule has 2 aromatic rings. The summed E-state index contributed by atoms with van der Waals surface area (Å²) >= 11 is 0. The minimum absolute atomic E-state index is 0.328. The largest absolute Gasteiger partial charge is 0.494 e. The number of esters is 1. The third-order valence-corrected chi connectivity index (χ3v) is 3.22. The van der Waals surface area contributed by atoms with Crippen LogP contribution in [0.25, 0.3) is 0 Å². The van der Waals surface area contributed by atoms with E-state index in [4.69, 9.17) is 14.7 Å². The number of ether oxygens (including phenoxy) is 2. The van der Waals surface area contributed by atoms with Crippen LogP contribution in [0.1, 0.15) is 29.3 Å². The first-order valence-corrected chi connectivity index (χ1v) is 7.83. The second-order valence-electron chi connectivity index (χ2n) is 5.15. The Bertz CT molecular complexity index is 779. The molecule has 6 nitrogen and oxygen atoms in total. The molecule has 0 fully saturated rings. The molecular formula is C19H18N2O4. The van der Waals surface area contributed by atoms with Gasteiger partial charge in [-0.05, 0) is 42.8 Å². The fourth-order valence-corrected chi connectivity index (χ4v) is 2.00. The molecule has 25 heavy (non-hydrogen) atoms. The Kier molecular flexibility index (Phi) is 6.55. The highest BCUT2D eigenvalue weighted by Crippen LogP contribution is 2.14. The van der Waals surface area contributed by atoms with E-state index in [1.165, 1.54) is 0 Å². The summed E-state index contributed by atoms with van der Waals surface area (Å²) in [7, 11) is 0. The normalized spacial score (nSPS) is 9.76. The van der Waals surface area contributed by atoms with E-state index in [0.717, 1.165) is 6.42 Å². The molecule has 0 saturated carbocycles. The summed E-state index contributed by atoms with van der Waals surface area (Å²) in [6, 6.07) is 15.1. The molecule has 6 heteroatoms. The van der Waals surface area contributed by atoms with Gasteiger partial charge in [-0.25, -0.2) is 4.79 Å². The summed E-state index contributed by atoms with van der Waals surface area (Å²) in [5, 5.41) is 11.5. The lowest BCUT2D eigenvalue weighted by atomic mass is 10.2. The van der Waals surface area contributed by atoms with Gasteiger partial charge in [-0.15, -0.1) is 0 Å². The van der Waals surface area contributed by atoms with Crippen LogP contribution in [-0.4, -0.2) is 25.1 Å². The minimum atomic E-state index is -0.606. The number of amides is 1. The van der Waals surface area contributed by atoms with E-state index in [0.29, 0.717) is 29.2 Å². The zero-order chi connectivity index (χ0) is 18.1. The number of rotatable bonds is 7. The number of carbonyl (C=O) groups is 2. The van der Waals surface area contributed by atoms with Crippen molar-refractivity contribution >= 4 is 17.6 Å². The molecule has 0 unspecified atom stereocenters. The molecule has 1 N–H and O–H groups in total. The quantitative estimate of drug-likeness (QED) is 0.784. The third kappa shape index (κ3) is 5.36. The molecule has 0 radical (unpaired) electrons. The monoisotopic (exact) mass is 338 g/mol. The highest BCUT2D eigenvalue weighted by molar-refractivity contribution is 5.96. The van der Waals surface area contributed by atoms with E-state index >= 15 is 0 Å². The van der Waals surface area contributed by atoms with E-state index in [2.05, 4.69) is 5.32 Å². The first-order chi connectivity index (χ1) is 12.1. The molecule has 0 aromatic heterocycles. The SMILES string of the molecule is CCCOc1ccc(C(=O)OCC(=O)Nc2ccccc2C#N)cc1. The average Bonchev–Trinajstić information content (AvgIpc) is 2.65. The van der Waals surface area contributed by atoms with Gasteiger partial charge in [0.2, 0.25) is 0 Å². The van der Waals surface area contributed by atoms with E-state index in [1.807, 2.05) is 13.0 Å². The molecule has 0 aliphatic heterocycles. The maximum absolute atomic E-state index is 12.0. The van der Waals surface area contributed by atoms with E-state index in [-0.39, 0.29) is 0 Å². The maximum atomic E-state index is 12.0. The van der Waals surface area contributed by atoms with Crippen LogP contribution in [0.3, 0.4) is 0 Å². The van der Waals surface area contributed by atoms with Crippen molar-refractivity contribution in [3.05, 3.63) is 59.7 Å².